The van der Waals surface area contributed by atoms with Crippen LogP contribution in [0, 0.1) is 6.92 Å². The van der Waals surface area contributed by atoms with Gasteiger partial charge in [-0.3, -0.25) is 9.78 Å². The summed E-state index contributed by atoms with van der Waals surface area (Å²) in [6.07, 6.45) is 1.08. The van der Waals surface area contributed by atoms with Gasteiger partial charge in [0, 0.05) is 11.1 Å². The summed E-state index contributed by atoms with van der Waals surface area (Å²) in [4.78, 5) is 27.1. The number of aryl methyl sites for hydroxylation is 1. The Bertz CT molecular complexity index is 963. The number of nitrogens with zero attached hydrogens (tertiary/aromatic N) is 3. The van der Waals surface area contributed by atoms with Gasteiger partial charge >= 0.3 is 5.97 Å². The third-order valence-electron chi connectivity index (χ3n) is 3.19. The lowest BCUT2D eigenvalue weighted by Gasteiger charge is -2.10. The van der Waals surface area contributed by atoms with E-state index in [1.54, 1.807) is 12.1 Å². The minimum atomic E-state index is -1.50. The van der Waals surface area contributed by atoms with Crippen LogP contribution in [0.1, 0.15) is 16.2 Å². The largest absolute Gasteiger partial charge is 0.503 e. The van der Waals surface area contributed by atoms with Crippen LogP contribution >= 0.6 is 0 Å². The summed E-state index contributed by atoms with van der Waals surface area (Å²) in [5, 5.41) is 23.3. The van der Waals surface area contributed by atoms with E-state index in [0.717, 1.165) is 22.0 Å². The highest BCUT2D eigenvalue weighted by atomic mass is 16.4. The summed E-state index contributed by atoms with van der Waals surface area (Å²) < 4.78 is 1.15. The number of rotatable bonds is 2. The zero-order valence-electron chi connectivity index (χ0n) is 11.5. The van der Waals surface area contributed by atoms with Crippen LogP contribution in [0.4, 0.5) is 0 Å². The first-order valence-corrected chi connectivity index (χ1v) is 6.40. The molecule has 110 valence electrons. The molecule has 7 heteroatoms. The van der Waals surface area contributed by atoms with Gasteiger partial charge in [-0.1, -0.05) is 18.2 Å². The number of aromatic carboxylic acids is 1. The van der Waals surface area contributed by atoms with Crippen LogP contribution in [0.3, 0.4) is 0 Å². The Morgan fingerprint density at radius 2 is 2.00 bits per heavy atom. The number of hydrogen-bond acceptors (Lipinski definition) is 5. The molecule has 0 fully saturated rings. The number of benzene rings is 1. The van der Waals surface area contributed by atoms with Gasteiger partial charge in [-0.05, 0) is 19.1 Å². The average molecular weight is 297 g/mol. The van der Waals surface area contributed by atoms with Crippen LogP contribution in [0.2, 0.25) is 0 Å². The SMILES string of the molecule is Cc1ccc2cccc(-n3cc(O)c(=O)c(C(=O)O)n3)c2n1. The minimum Gasteiger partial charge on any atom is -0.503 e. The van der Waals surface area contributed by atoms with Gasteiger partial charge in [0.25, 0.3) is 5.43 Å². The first-order chi connectivity index (χ1) is 10.5. The van der Waals surface area contributed by atoms with E-state index in [0.29, 0.717) is 11.2 Å². The van der Waals surface area contributed by atoms with Crippen molar-refractivity contribution < 1.29 is 15.0 Å². The van der Waals surface area contributed by atoms with Gasteiger partial charge in [-0.15, -0.1) is 0 Å². The van der Waals surface area contributed by atoms with E-state index in [9.17, 15) is 14.7 Å². The summed E-state index contributed by atoms with van der Waals surface area (Å²) in [5.41, 5.74) is 0.0786. The molecular weight excluding hydrogens is 286 g/mol. The Labute approximate surface area is 124 Å². The van der Waals surface area contributed by atoms with Crippen molar-refractivity contribution in [1.82, 2.24) is 14.8 Å². The molecule has 0 aliphatic heterocycles. The second kappa shape index (κ2) is 4.96. The fraction of sp³-hybridized carbons (Fsp3) is 0.0667. The Balaban J connectivity index is 2.35. The molecule has 2 N–H and O–H groups in total. The van der Waals surface area contributed by atoms with Crippen LogP contribution in [0.5, 0.6) is 5.75 Å². The topological polar surface area (TPSA) is 105 Å². The van der Waals surface area contributed by atoms with Gasteiger partial charge in [0.05, 0.1) is 17.4 Å². The number of aromatic hydroxyl groups is 1. The van der Waals surface area contributed by atoms with Crippen molar-refractivity contribution in [3.05, 3.63) is 58.1 Å². The highest BCUT2D eigenvalue weighted by Gasteiger charge is 2.17. The summed E-state index contributed by atoms with van der Waals surface area (Å²) in [6, 6.07) is 9.02. The molecule has 0 atom stereocenters. The van der Waals surface area contributed by atoms with Gasteiger partial charge in [-0.25, -0.2) is 9.48 Å². The van der Waals surface area contributed by atoms with Crippen LogP contribution in [-0.2, 0) is 0 Å². The fourth-order valence-electron chi connectivity index (χ4n) is 2.15. The second-order valence-electron chi connectivity index (χ2n) is 4.74. The molecule has 0 unspecified atom stereocenters. The van der Waals surface area contributed by atoms with Crippen molar-refractivity contribution in [3.8, 4) is 11.4 Å². The molecule has 0 aliphatic rings. The molecule has 0 radical (unpaired) electrons. The van der Waals surface area contributed by atoms with E-state index in [4.69, 9.17) is 5.11 Å². The standard InChI is InChI=1S/C15H11N3O4/c1-8-5-6-9-3-2-4-10(12(9)16-8)18-7-11(19)14(20)13(17-18)15(21)22/h2-7,19H,1H3,(H,21,22). The van der Waals surface area contributed by atoms with Crippen LogP contribution < -0.4 is 5.43 Å². The maximum absolute atomic E-state index is 11.6. The number of carboxylic acids is 1. The lowest BCUT2D eigenvalue weighted by Crippen LogP contribution is -2.21. The molecule has 0 saturated heterocycles. The smallest absolute Gasteiger partial charge is 0.360 e. The maximum atomic E-state index is 11.6. The first kappa shape index (κ1) is 13.7. The van der Waals surface area contributed by atoms with E-state index in [1.807, 2.05) is 25.1 Å². The van der Waals surface area contributed by atoms with Crippen molar-refractivity contribution in [2.45, 2.75) is 6.92 Å². The summed E-state index contributed by atoms with van der Waals surface area (Å²) in [7, 11) is 0. The van der Waals surface area contributed by atoms with Crippen LogP contribution in [0.15, 0.2) is 41.3 Å². The molecule has 2 aromatic heterocycles. The van der Waals surface area contributed by atoms with Gasteiger partial charge in [0.1, 0.15) is 0 Å². The predicted octanol–water partition coefficient (Wildman–Crippen LogP) is 1.49. The molecule has 2 heterocycles. The third kappa shape index (κ3) is 2.18. The number of carbonyl (C=O) groups is 1. The average Bonchev–Trinajstić information content (AvgIpc) is 2.49. The van der Waals surface area contributed by atoms with Crippen molar-refractivity contribution in [2.24, 2.45) is 0 Å². The molecule has 0 spiro atoms. The normalized spacial score (nSPS) is 10.8. The summed E-state index contributed by atoms with van der Waals surface area (Å²) in [6.45, 7) is 1.83. The van der Waals surface area contributed by atoms with Crippen LogP contribution in [0.25, 0.3) is 16.6 Å². The quantitative estimate of drug-likeness (QED) is 0.742. The maximum Gasteiger partial charge on any atom is 0.360 e. The molecule has 3 aromatic rings. The van der Waals surface area contributed by atoms with Crippen molar-refractivity contribution in [3.63, 3.8) is 0 Å². The number of hydrogen-bond donors (Lipinski definition) is 2. The number of para-hydroxylation sites is 1. The molecule has 0 bridgehead atoms. The molecule has 0 aliphatic carbocycles. The van der Waals surface area contributed by atoms with Crippen molar-refractivity contribution in [1.29, 1.82) is 0 Å². The molecule has 7 nitrogen and oxygen atoms in total. The second-order valence-corrected chi connectivity index (χ2v) is 4.74. The van der Waals surface area contributed by atoms with Gasteiger partial charge in [-0.2, -0.15) is 5.10 Å². The van der Waals surface area contributed by atoms with E-state index in [-0.39, 0.29) is 0 Å². The Morgan fingerprint density at radius 1 is 1.23 bits per heavy atom. The van der Waals surface area contributed by atoms with Crippen LogP contribution in [-0.4, -0.2) is 30.9 Å². The van der Waals surface area contributed by atoms with E-state index in [1.165, 1.54) is 0 Å². The first-order valence-electron chi connectivity index (χ1n) is 6.40. The number of carboxylic acid groups (broad SMARTS) is 1. The van der Waals surface area contributed by atoms with E-state index >= 15 is 0 Å². The third-order valence-corrected chi connectivity index (χ3v) is 3.19. The fourth-order valence-corrected chi connectivity index (χ4v) is 2.15. The highest BCUT2D eigenvalue weighted by Crippen LogP contribution is 2.21. The predicted molar refractivity (Wildman–Crippen MR) is 78.5 cm³/mol. The zero-order valence-corrected chi connectivity index (χ0v) is 11.5. The monoisotopic (exact) mass is 297 g/mol. The summed E-state index contributed by atoms with van der Waals surface area (Å²) in [5.74, 6) is -2.18. The lowest BCUT2D eigenvalue weighted by atomic mass is 10.1. The van der Waals surface area contributed by atoms with Gasteiger partial charge < -0.3 is 10.2 Å². The Morgan fingerprint density at radius 3 is 2.73 bits per heavy atom. The molecule has 1 aromatic carbocycles. The minimum absolute atomic E-state index is 0.471. The number of aromatic nitrogens is 3. The molecule has 0 saturated carbocycles. The van der Waals surface area contributed by atoms with E-state index in [2.05, 4.69) is 10.1 Å². The van der Waals surface area contributed by atoms with Gasteiger partial charge in [0.2, 0.25) is 5.69 Å². The highest BCUT2D eigenvalue weighted by molar-refractivity contribution is 5.87. The number of pyridine rings is 1. The molecule has 0 amide bonds. The molecule has 22 heavy (non-hydrogen) atoms. The molecular formula is C15H11N3O4. The Hall–Kier alpha value is -3.22. The van der Waals surface area contributed by atoms with Crippen molar-refractivity contribution in [2.75, 3.05) is 0 Å². The summed E-state index contributed by atoms with van der Waals surface area (Å²) >= 11 is 0. The van der Waals surface area contributed by atoms with Gasteiger partial charge in [0.15, 0.2) is 5.75 Å². The molecule has 3 rings (SSSR count). The number of fused-ring (bicyclic) bond motifs is 1. The Kier molecular flexibility index (Phi) is 3.10. The zero-order chi connectivity index (χ0) is 15.9. The lowest BCUT2D eigenvalue weighted by molar-refractivity contribution is 0.0686. The van der Waals surface area contributed by atoms with E-state index < -0.39 is 22.8 Å². The van der Waals surface area contributed by atoms with Crippen molar-refractivity contribution >= 4 is 16.9 Å².